The number of rotatable bonds is 4. The standard InChI is InChI=1S/C14H19FN2/c1-10(2)12(8-16)9-17(4)13-5-6-14(15)11(3)7-13/h5-7,10,12H,9H2,1-4H3. The number of nitriles is 1. The average Bonchev–Trinajstić information content (AvgIpc) is 2.28. The molecule has 0 radical (unpaired) electrons. The van der Waals surface area contributed by atoms with Gasteiger partial charge in [-0.15, -0.1) is 0 Å². The maximum atomic E-state index is 13.1. The summed E-state index contributed by atoms with van der Waals surface area (Å²) in [6.45, 7) is 6.49. The van der Waals surface area contributed by atoms with E-state index < -0.39 is 0 Å². The summed E-state index contributed by atoms with van der Waals surface area (Å²) in [5, 5.41) is 9.05. The Morgan fingerprint density at radius 1 is 1.41 bits per heavy atom. The molecule has 1 aromatic rings. The highest BCUT2D eigenvalue weighted by atomic mass is 19.1. The van der Waals surface area contributed by atoms with Crippen LogP contribution in [-0.2, 0) is 0 Å². The maximum absolute atomic E-state index is 13.1. The first-order valence-corrected chi connectivity index (χ1v) is 5.82. The minimum Gasteiger partial charge on any atom is -0.373 e. The topological polar surface area (TPSA) is 27.0 Å². The fourth-order valence-electron chi connectivity index (χ4n) is 1.67. The molecule has 1 aromatic carbocycles. The summed E-state index contributed by atoms with van der Waals surface area (Å²) in [4.78, 5) is 2.00. The van der Waals surface area contributed by atoms with Crippen molar-refractivity contribution < 1.29 is 4.39 Å². The van der Waals surface area contributed by atoms with Crippen molar-refractivity contribution in [2.45, 2.75) is 20.8 Å². The van der Waals surface area contributed by atoms with Gasteiger partial charge in [0.15, 0.2) is 0 Å². The fourth-order valence-corrected chi connectivity index (χ4v) is 1.67. The van der Waals surface area contributed by atoms with E-state index in [1.165, 1.54) is 6.07 Å². The maximum Gasteiger partial charge on any atom is 0.126 e. The van der Waals surface area contributed by atoms with E-state index in [0.29, 0.717) is 18.0 Å². The van der Waals surface area contributed by atoms with Gasteiger partial charge in [-0.2, -0.15) is 5.26 Å². The highest BCUT2D eigenvalue weighted by molar-refractivity contribution is 5.48. The first kappa shape index (κ1) is 13.5. The molecule has 0 spiro atoms. The molecule has 0 saturated carbocycles. The molecule has 0 heterocycles. The summed E-state index contributed by atoms with van der Waals surface area (Å²) in [5.41, 5.74) is 1.58. The van der Waals surface area contributed by atoms with Gasteiger partial charge in [0.05, 0.1) is 12.0 Å². The molecule has 92 valence electrons. The van der Waals surface area contributed by atoms with Crippen LogP contribution < -0.4 is 4.90 Å². The van der Waals surface area contributed by atoms with Gasteiger partial charge in [0.1, 0.15) is 5.82 Å². The van der Waals surface area contributed by atoms with E-state index in [1.54, 1.807) is 13.0 Å². The largest absolute Gasteiger partial charge is 0.373 e. The average molecular weight is 234 g/mol. The first-order chi connectivity index (χ1) is 7.95. The van der Waals surface area contributed by atoms with Crippen molar-refractivity contribution in [3.8, 4) is 6.07 Å². The van der Waals surface area contributed by atoms with E-state index >= 15 is 0 Å². The summed E-state index contributed by atoms with van der Waals surface area (Å²) < 4.78 is 13.1. The molecule has 0 aliphatic carbocycles. The van der Waals surface area contributed by atoms with Gasteiger partial charge in [-0.25, -0.2) is 4.39 Å². The molecule has 0 aromatic heterocycles. The fraction of sp³-hybridized carbons (Fsp3) is 0.500. The molecule has 2 nitrogen and oxygen atoms in total. The predicted molar refractivity (Wildman–Crippen MR) is 68.3 cm³/mol. The van der Waals surface area contributed by atoms with Crippen LogP contribution in [0, 0.1) is 35.9 Å². The lowest BCUT2D eigenvalue weighted by atomic mass is 9.97. The zero-order chi connectivity index (χ0) is 13.0. The SMILES string of the molecule is Cc1cc(N(C)CC(C#N)C(C)C)ccc1F. The number of halogens is 1. The van der Waals surface area contributed by atoms with E-state index in [9.17, 15) is 4.39 Å². The molecule has 0 bridgehead atoms. The van der Waals surface area contributed by atoms with Gasteiger partial charge in [-0.1, -0.05) is 13.8 Å². The van der Waals surface area contributed by atoms with Gasteiger partial charge in [-0.3, -0.25) is 0 Å². The van der Waals surface area contributed by atoms with Gasteiger partial charge in [-0.05, 0) is 36.6 Å². The molecule has 0 N–H and O–H groups in total. The van der Waals surface area contributed by atoms with Crippen molar-refractivity contribution >= 4 is 5.69 Å². The van der Waals surface area contributed by atoms with Crippen LogP contribution in [0.2, 0.25) is 0 Å². The molecular formula is C14H19FN2. The Morgan fingerprint density at radius 3 is 2.53 bits per heavy atom. The minimum absolute atomic E-state index is 0.00893. The van der Waals surface area contributed by atoms with Gasteiger partial charge in [0.2, 0.25) is 0 Å². The van der Waals surface area contributed by atoms with Gasteiger partial charge in [0, 0.05) is 19.3 Å². The summed E-state index contributed by atoms with van der Waals surface area (Å²) in [7, 11) is 1.93. The van der Waals surface area contributed by atoms with Crippen LogP contribution in [0.25, 0.3) is 0 Å². The Labute approximate surface area is 103 Å². The molecule has 17 heavy (non-hydrogen) atoms. The predicted octanol–water partition coefficient (Wildman–Crippen LogP) is 3.37. The highest BCUT2D eigenvalue weighted by Crippen LogP contribution is 2.20. The molecule has 1 rings (SSSR count). The normalized spacial score (nSPS) is 12.3. The summed E-state index contributed by atoms with van der Waals surface area (Å²) in [6.07, 6.45) is 0. The van der Waals surface area contributed by atoms with Crippen LogP contribution in [0.4, 0.5) is 10.1 Å². The zero-order valence-corrected chi connectivity index (χ0v) is 10.9. The smallest absolute Gasteiger partial charge is 0.126 e. The Hall–Kier alpha value is -1.56. The van der Waals surface area contributed by atoms with Gasteiger partial charge < -0.3 is 4.90 Å². The third-order valence-corrected chi connectivity index (χ3v) is 3.02. The molecule has 0 fully saturated rings. The van der Waals surface area contributed by atoms with Gasteiger partial charge >= 0.3 is 0 Å². The van der Waals surface area contributed by atoms with E-state index in [2.05, 4.69) is 6.07 Å². The Kier molecular flexibility index (Phi) is 4.51. The number of hydrogen-bond acceptors (Lipinski definition) is 2. The van der Waals surface area contributed by atoms with Crippen LogP contribution in [0.15, 0.2) is 18.2 Å². The monoisotopic (exact) mass is 234 g/mol. The van der Waals surface area contributed by atoms with Crippen molar-refractivity contribution in [2.24, 2.45) is 11.8 Å². The highest BCUT2D eigenvalue weighted by Gasteiger charge is 2.15. The van der Waals surface area contributed by atoms with Crippen molar-refractivity contribution in [3.63, 3.8) is 0 Å². The van der Waals surface area contributed by atoms with E-state index in [4.69, 9.17) is 5.26 Å². The number of aryl methyl sites for hydroxylation is 1. The Morgan fingerprint density at radius 2 is 2.06 bits per heavy atom. The lowest BCUT2D eigenvalue weighted by molar-refractivity contribution is 0.477. The van der Waals surface area contributed by atoms with Crippen LogP contribution in [-0.4, -0.2) is 13.6 Å². The molecule has 1 atom stereocenters. The molecule has 1 unspecified atom stereocenters. The molecule has 0 aliphatic heterocycles. The molecule has 0 saturated heterocycles. The molecule has 0 aliphatic rings. The summed E-state index contributed by atoms with van der Waals surface area (Å²) >= 11 is 0. The van der Waals surface area contributed by atoms with Crippen LogP contribution in [0.5, 0.6) is 0 Å². The molecule has 3 heteroatoms. The number of nitrogens with zero attached hydrogens (tertiary/aromatic N) is 2. The quantitative estimate of drug-likeness (QED) is 0.798. The van der Waals surface area contributed by atoms with Gasteiger partial charge in [0.25, 0.3) is 0 Å². The second-order valence-corrected chi connectivity index (χ2v) is 4.79. The number of anilines is 1. The minimum atomic E-state index is -0.192. The van der Waals surface area contributed by atoms with Crippen LogP contribution in [0.1, 0.15) is 19.4 Å². The number of benzene rings is 1. The second-order valence-electron chi connectivity index (χ2n) is 4.79. The van der Waals surface area contributed by atoms with E-state index in [0.717, 1.165) is 5.69 Å². The second kappa shape index (κ2) is 5.67. The summed E-state index contributed by atoms with van der Waals surface area (Å²) in [5.74, 6) is 0.122. The van der Waals surface area contributed by atoms with Crippen molar-refractivity contribution in [1.29, 1.82) is 5.26 Å². The van der Waals surface area contributed by atoms with Crippen LogP contribution >= 0.6 is 0 Å². The third kappa shape index (κ3) is 3.45. The molecular weight excluding hydrogens is 215 g/mol. The lowest BCUT2D eigenvalue weighted by Gasteiger charge is -2.24. The zero-order valence-electron chi connectivity index (χ0n) is 10.9. The van der Waals surface area contributed by atoms with Crippen LogP contribution in [0.3, 0.4) is 0 Å². The van der Waals surface area contributed by atoms with Crippen molar-refractivity contribution in [1.82, 2.24) is 0 Å². The molecule has 0 amide bonds. The van der Waals surface area contributed by atoms with Crippen molar-refractivity contribution in [3.05, 3.63) is 29.6 Å². The Bertz CT molecular complexity index is 421. The Balaban J connectivity index is 2.79. The van der Waals surface area contributed by atoms with Crippen molar-refractivity contribution in [2.75, 3.05) is 18.5 Å². The van der Waals surface area contributed by atoms with E-state index in [1.807, 2.05) is 31.9 Å². The lowest BCUT2D eigenvalue weighted by Crippen LogP contribution is -2.27. The number of hydrogen-bond donors (Lipinski definition) is 0. The van der Waals surface area contributed by atoms with E-state index in [-0.39, 0.29) is 11.7 Å². The third-order valence-electron chi connectivity index (χ3n) is 3.02. The summed E-state index contributed by atoms with van der Waals surface area (Å²) in [6, 6.07) is 7.34. The first-order valence-electron chi connectivity index (χ1n) is 5.82.